The highest BCUT2D eigenvalue weighted by Crippen LogP contribution is 2.03. The quantitative estimate of drug-likeness (QED) is 0.223. The van der Waals surface area contributed by atoms with Crippen LogP contribution < -0.4 is 0 Å². The Balaban J connectivity index is 4.13. The summed E-state index contributed by atoms with van der Waals surface area (Å²) in [5.41, 5.74) is 0.230. The van der Waals surface area contributed by atoms with Gasteiger partial charge in [-0.25, -0.2) is 0 Å². The zero-order chi connectivity index (χ0) is 10.4. The summed E-state index contributed by atoms with van der Waals surface area (Å²) in [6, 6.07) is 0. The van der Waals surface area contributed by atoms with Gasteiger partial charge in [-0.15, -0.1) is 0 Å². The van der Waals surface area contributed by atoms with Gasteiger partial charge in [0.1, 0.15) is 0 Å². The summed E-state index contributed by atoms with van der Waals surface area (Å²) in [7, 11) is 0. The molecule has 0 aromatic heterocycles. The van der Waals surface area contributed by atoms with E-state index in [0.717, 1.165) is 0 Å². The molecular weight excluding hydrogens is 182 g/mol. The Kier molecular flexibility index (Phi) is 4.34. The second-order valence-corrected chi connectivity index (χ2v) is 2.43. The molecule has 0 unspecified atom stereocenters. The van der Waals surface area contributed by atoms with E-state index in [2.05, 4.69) is 5.16 Å². The van der Waals surface area contributed by atoms with Crippen LogP contribution in [0.3, 0.4) is 0 Å². The summed E-state index contributed by atoms with van der Waals surface area (Å²) in [4.78, 5) is 18.3. The fraction of sp³-hybridized carbons (Fsp3) is 0.800. The molecule has 0 aliphatic carbocycles. The van der Waals surface area contributed by atoms with Gasteiger partial charge in [0.25, 0.3) is 0 Å². The van der Waals surface area contributed by atoms with Crippen molar-refractivity contribution in [1.82, 2.24) is 0 Å². The van der Waals surface area contributed by atoms with Crippen molar-refractivity contribution in [2.45, 2.75) is 25.9 Å². The fourth-order valence-corrected chi connectivity index (χ4v) is 0.676. The number of hydrogen-bond donors (Lipinski definition) is 1. The van der Waals surface area contributed by atoms with Gasteiger partial charge < -0.3 is 5.21 Å². The molecule has 0 heterocycles. The molecule has 0 saturated carbocycles. The predicted octanol–water partition coefficient (Wildman–Crippen LogP) is 0.496. The van der Waals surface area contributed by atoms with E-state index >= 15 is 0 Å². The van der Waals surface area contributed by atoms with Gasteiger partial charge in [0.15, 0.2) is 0 Å². The molecule has 0 radical (unpaired) electrons. The summed E-state index contributed by atoms with van der Waals surface area (Å²) < 4.78 is 0. The SMILES string of the molecule is CC(CCC([N+](=O)[O-])[N+](=O)[O-])=NO. The molecule has 8 nitrogen and oxygen atoms in total. The summed E-state index contributed by atoms with van der Waals surface area (Å²) in [5.74, 6) is 0. The van der Waals surface area contributed by atoms with Gasteiger partial charge >= 0.3 is 6.17 Å². The normalized spacial score (nSPS) is 11.7. The third kappa shape index (κ3) is 3.99. The van der Waals surface area contributed by atoms with Crippen LogP contribution in [0, 0.1) is 20.2 Å². The Hall–Kier alpha value is -1.73. The molecule has 13 heavy (non-hydrogen) atoms. The zero-order valence-corrected chi connectivity index (χ0v) is 6.91. The number of nitrogens with zero attached hydrogens (tertiary/aromatic N) is 3. The number of nitro groups is 2. The average Bonchev–Trinajstić information content (AvgIpc) is 2.03. The van der Waals surface area contributed by atoms with Crippen LogP contribution in [0.15, 0.2) is 5.16 Å². The minimum atomic E-state index is -1.82. The van der Waals surface area contributed by atoms with Gasteiger partial charge in [0, 0.05) is 6.42 Å². The fourth-order valence-electron chi connectivity index (χ4n) is 0.676. The minimum Gasteiger partial charge on any atom is -0.411 e. The molecule has 0 aromatic rings. The van der Waals surface area contributed by atoms with Gasteiger partial charge in [-0.1, -0.05) is 5.16 Å². The molecular formula is C5H9N3O5. The van der Waals surface area contributed by atoms with Crippen LogP contribution in [0.5, 0.6) is 0 Å². The van der Waals surface area contributed by atoms with Gasteiger partial charge in [-0.05, 0) is 6.92 Å². The van der Waals surface area contributed by atoms with Crippen molar-refractivity contribution in [3.8, 4) is 0 Å². The van der Waals surface area contributed by atoms with Crippen LogP contribution in [-0.4, -0.2) is 26.9 Å². The second kappa shape index (κ2) is 5.01. The lowest BCUT2D eigenvalue weighted by atomic mass is 10.2. The Labute approximate surface area is 73.1 Å². The van der Waals surface area contributed by atoms with E-state index in [4.69, 9.17) is 5.21 Å². The molecule has 0 spiro atoms. The molecule has 0 amide bonds. The van der Waals surface area contributed by atoms with Gasteiger partial charge in [-0.3, -0.25) is 20.2 Å². The van der Waals surface area contributed by atoms with Crippen molar-refractivity contribution < 1.29 is 15.1 Å². The number of hydrogen-bond acceptors (Lipinski definition) is 6. The van der Waals surface area contributed by atoms with E-state index in [1.54, 1.807) is 0 Å². The largest absolute Gasteiger partial charge is 0.451 e. The van der Waals surface area contributed by atoms with Gasteiger partial charge in [-0.2, -0.15) is 0 Å². The highest BCUT2D eigenvalue weighted by Gasteiger charge is 2.31. The standard InChI is InChI=1S/C5H9N3O5/c1-4(6-9)2-3-5(7(10)11)8(12)13/h5,9H,2-3H2,1H3. The topological polar surface area (TPSA) is 119 Å². The third-order valence-corrected chi connectivity index (χ3v) is 1.42. The van der Waals surface area contributed by atoms with E-state index < -0.39 is 16.0 Å². The van der Waals surface area contributed by atoms with Crippen LogP contribution in [0.2, 0.25) is 0 Å². The lowest BCUT2D eigenvalue weighted by Crippen LogP contribution is -2.29. The first-order chi connectivity index (χ1) is 5.99. The van der Waals surface area contributed by atoms with E-state index in [9.17, 15) is 20.2 Å². The van der Waals surface area contributed by atoms with E-state index in [-0.39, 0.29) is 18.6 Å². The van der Waals surface area contributed by atoms with E-state index in [0.29, 0.717) is 0 Å². The van der Waals surface area contributed by atoms with Crippen molar-refractivity contribution in [2.24, 2.45) is 5.16 Å². The summed E-state index contributed by atoms with van der Waals surface area (Å²) in [6.07, 6.45) is -2.06. The molecule has 8 heteroatoms. The van der Waals surface area contributed by atoms with Crippen LogP contribution in [0.4, 0.5) is 0 Å². The smallest absolute Gasteiger partial charge is 0.411 e. The third-order valence-electron chi connectivity index (χ3n) is 1.42. The Bertz CT molecular complexity index is 224. The first-order valence-electron chi connectivity index (χ1n) is 3.43. The molecule has 0 atom stereocenters. The van der Waals surface area contributed by atoms with E-state index in [1.807, 2.05) is 0 Å². The molecule has 0 bridgehead atoms. The minimum absolute atomic E-state index is 0.0309. The lowest BCUT2D eigenvalue weighted by Gasteiger charge is -2.00. The van der Waals surface area contributed by atoms with E-state index in [1.165, 1.54) is 6.92 Å². The maximum absolute atomic E-state index is 10.1. The molecule has 74 valence electrons. The van der Waals surface area contributed by atoms with Crippen molar-refractivity contribution in [2.75, 3.05) is 0 Å². The summed E-state index contributed by atoms with van der Waals surface area (Å²) in [5, 5.41) is 31.1. The summed E-state index contributed by atoms with van der Waals surface area (Å²) in [6.45, 7) is 1.43. The van der Waals surface area contributed by atoms with Crippen LogP contribution in [0.1, 0.15) is 19.8 Å². The highest BCUT2D eigenvalue weighted by atomic mass is 16.7. The molecule has 0 saturated heterocycles. The van der Waals surface area contributed by atoms with Crippen molar-refractivity contribution >= 4 is 5.71 Å². The van der Waals surface area contributed by atoms with Gasteiger partial charge in [0.2, 0.25) is 0 Å². The summed E-state index contributed by atoms with van der Waals surface area (Å²) >= 11 is 0. The second-order valence-electron chi connectivity index (χ2n) is 2.43. The van der Waals surface area contributed by atoms with Crippen LogP contribution >= 0.6 is 0 Å². The average molecular weight is 191 g/mol. The zero-order valence-electron chi connectivity index (χ0n) is 6.91. The maximum atomic E-state index is 10.1. The van der Waals surface area contributed by atoms with Gasteiger partial charge in [0.05, 0.1) is 22.0 Å². The molecule has 0 fully saturated rings. The maximum Gasteiger partial charge on any atom is 0.451 e. The molecule has 0 aliphatic rings. The molecule has 0 rings (SSSR count). The highest BCUT2D eigenvalue weighted by molar-refractivity contribution is 5.81. The van der Waals surface area contributed by atoms with Crippen molar-refractivity contribution in [1.29, 1.82) is 0 Å². The first-order valence-corrected chi connectivity index (χ1v) is 3.43. The Morgan fingerprint density at radius 1 is 1.46 bits per heavy atom. The molecule has 0 aliphatic heterocycles. The molecule has 1 N–H and O–H groups in total. The number of rotatable bonds is 5. The number of oxime groups is 1. The first kappa shape index (κ1) is 11.3. The van der Waals surface area contributed by atoms with Crippen LogP contribution in [-0.2, 0) is 0 Å². The van der Waals surface area contributed by atoms with Crippen LogP contribution in [0.25, 0.3) is 0 Å². The Morgan fingerprint density at radius 2 is 1.92 bits per heavy atom. The van der Waals surface area contributed by atoms with Crippen molar-refractivity contribution in [3.05, 3.63) is 20.2 Å². The predicted molar refractivity (Wildman–Crippen MR) is 41.9 cm³/mol. The monoisotopic (exact) mass is 191 g/mol. The van der Waals surface area contributed by atoms with Crippen molar-refractivity contribution in [3.63, 3.8) is 0 Å². The Morgan fingerprint density at radius 3 is 2.23 bits per heavy atom. The lowest BCUT2D eigenvalue weighted by molar-refractivity contribution is -0.742. The molecule has 0 aromatic carbocycles.